The molecule has 0 unspecified atom stereocenters. The minimum atomic E-state index is 0. The summed E-state index contributed by atoms with van der Waals surface area (Å²) in [5, 5.41) is 0. The summed E-state index contributed by atoms with van der Waals surface area (Å²) in [5.41, 5.74) is 0.594. The van der Waals surface area contributed by atoms with Gasteiger partial charge >= 0.3 is 18.9 Å². The molecule has 0 radical (unpaired) electrons. The van der Waals surface area contributed by atoms with Crippen LogP contribution in [0.3, 0.4) is 0 Å². The topological polar surface area (TPSA) is 35.5 Å². The van der Waals surface area contributed by atoms with Gasteiger partial charge in [0.15, 0.2) is 5.78 Å². The van der Waals surface area contributed by atoms with Gasteiger partial charge in [-0.3, -0.25) is 4.79 Å². The molecule has 1 aromatic rings. The maximum Gasteiger partial charge on any atom is 1.00 e. The molecule has 0 aliphatic rings. The molecule has 0 aliphatic carbocycles. The Morgan fingerprint density at radius 3 is 2.50 bits per heavy atom. The van der Waals surface area contributed by atoms with Gasteiger partial charge < -0.3 is 18.7 Å². The first kappa shape index (κ1) is 15.5. The number of carbonyl (C=O) groups excluding carboxylic acids is 1. The van der Waals surface area contributed by atoms with Gasteiger partial charge in [-0.1, -0.05) is 0 Å². The second kappa shape index (κ2) is 7.74. The van der Waals surface area contributed by atoms with Crippen molar-refractivity contribution in [3.63, 3.8) is 0 Å². The van der Waals surface area contributed by atoms with E-state index in [1.807, 2.05) is 0 Å². The van der Waals surface area contributed by atoms with E-state index >= 15 is 0 Å². The molecule has 1 rings (SSSR count). The molecule has 0 N–H and O–H groups in total. The molecule has 0 aromatic heterocycles. The SMILES string of the molecule is COc1ccc(C(=O)CC[PH-])c(OC)c1.[Li+]. The minimum absolute atomic E-state index is 0. The van der Waals surface area contributed by atoms with Gasteiger partial charge in [-0.2, -0.15) is 6.16 Å². The zero-order chi connectivity index (χ0) is 11.3. The van der Waals surface area contributed by atoms with E-state index in [9.17, 15) is 4.79 Å². The Kier molecular flexibility index (Phi) is 7.50. The van der Waals surface area contributed by atoms with Crippen molar-refractivity contribution in [2.75, 3.05) is 20.4 Å². The molecular formula is C11H14LiO3P. The number of ether oxygens (including phenoxy) is 2. The molecule has 82 valence electrons. The number of methoxy groups -OCH3 is 2. The summed E-state index contributed by atoms with van der Waals surface area (Å²) in [5.74, 6) is 1.30. The molecule has 5 heteroatoms. The van der Waals surface area contributed by atoms with Gasteiger partial charge in [-0.25, -0.2) is 0 Å². The molecule has 16 heavy (non-hydrogen) atoms. The van der Waals surface area contributed by atoms with Gasteiger partial charge in [0.05, 0.1) is 19.8 Å². The van der Waals surface area contributed by atoms with Crippen LogP contribution in [0, 0.1) is 0 Å². The van der Waals surface area contributed by atoms with Crippen LogP contribution in [0.15, 0.2) is 18.2 Å². The van der Waals surface area contributed by atoms with Crippen molar-refractivity contribution in [3.8, 4) is 11.5 Å². The van der Waals surface area contributed by atoms with Crippen molar-refractivity contribution in [2.45, 2.75) is 6.42 Å². The van der Waals surface area contributed by atoms with Crippen LogP contribution in [0.5, 0.6) is 11.5 Å². The van der Waals surface area contributed by atoms with Crippen molar-refractivity contribution >= 4 is 15.0 Å². The molecule has 0 saturated heterocycles. The van der Waals surface area contributed by atoms with E-state index in [0.29, 0.717) is 29.6 Å². The van der Waals surface area contributed by atoms with E-state index in [4.69, 9.17) is 9.47 Å². The molecule has 0 amide bonds. The molecule has 0 bridgehead atoms. The quantitative estimate of drug-likeness (QED) is 0.387. The van der Waals surface area contributed by atoms with E-state index in [1.165, 1.54) is 0 Å². The number of Topliss-reactive ketones (excluding diaryl/α,β-unsaturated/α-hetero) is 1. The molecule has 0 saturated carbocycles. The number of hydrogen-bond acceptors (Lipinski definition) is 3. The van der Waals surface area contributed by atoms with E-state index in [0.717, 1.165) is 0 Å². The van der Waals surface area contributed by atoms with Crippen LogP contribution in [0.1, 0.15) is 16.8 Å². The predicted octanol–water partition coefficient (Wildman–Crippen LogP) is -0.577. The first-order chi connectivity index (χ1) is 7.22. The maximum atomic E-state index is 11.7. The van der Waals surface area contributed by atoms with Crippen LogP contribution in [0.2, 0.25) is 0 Å². The number of carbonyl (C=O) groups is 1. The van der Waals surface area contributed by atoms with Crippen LogP contribution in [-0.4, -0.2) is 26.2 Å². The van der Waals surface area contributed by atoms with Crippen molar-refractivity contribution < 1.29 is 33.1 Å². The third-order valence-electron chi connectivity index (χ3n) is 2.06. The summed E-state index contributed by atoms with van der Waals surface area (Å²) in [4.78, 5) is 11.7. The summed E-state index contributed by atoms with van der Waals surface area (Å²) in [6.45, 7) is 0. The van der Waals surface area contributed by atoms with Crippen LogP contribution in [-0.2, 0) is 0 Å². The zero-order valence-corrected chi connectivity index (χ0v) is 10.9. The van der Waals surface area contributed by atoms with Crippen LogP contribution in [0.4, 0.5) is 0 Å². The van der Waals surface area contributed by atoms with E-state index < -0.39 is 0 Å². The number of ketones is 1. The van der Waals surface area contributed by atoms with E-state index in [2.05, 4.69) is 9.24 Å². The maximum absolute atomic E-state index is 11.7. The predicted molar refractivity (Wildman–Crippen MR) is 61.7 cm³/mol. The second-order valence-corrected chi connectivity index (χ2v) is 3.49. The summed E-state index contributed by atoms with van der Waals surface area (Å²) in [7, 11) is 6.40. The standard InChI is InChI=1S/C11H14O3P.Li/c1-13-8-3-4-9(10(12)5-6-15)11(7-8)14-2;/h3-4,7,15H,5-6H2,1-2H3;/q-1;+1. The van der Waals surface area contributed by atoms with Gasteiger partial charge in [0.2, 0.25) is 0 Å². The third kappa shape index (κ3) is 3.83. The summed E-state index contributed by atoms with van der Waals surface area (Å²) in [6.07, 6.45) is 1.10. The van der Waals surface area contributed by atoms with Gasteiger partial charge in [0.25, 0.3) is 0 Å². The molecular weight excluding hydrogens is 218 g/mol. The zero-order valence-electron chi connectivity index (χ0n) is 9.87. The number of hydrogen-bond donors (Lipinski definition) is 0. The Balaban J connectivity index is 0.00000225. The molecule has 1 aromatic carbocycles. The Morgan fingerprint density at radius 2 is 2.00 bits per heavy atom. The van der Waals surface area contributed by atoms with Gasteiger partial charge in [-0.05, 0) is 18.6 Å². The first-order valence-electron chi connectivity index (χ1n) is 4.62. The summed E-state index contributed by atoms with van der Waals surface area (Å²) in [6, 6.07) is 5.19. The Hall–Kier alpha value is -0.483. The van der Waals surface area contributed by atoms with Gasteiger partial charge in [0.1, 0.15) is 11.5 Å². The molecule has 0 spiro atoms. The average Bonchev–Trinajstić information content (AvgIpc) is 2.28. The number of benzene rings is 1. The minimum Gasteiger partial charge on any atom is -0.558 e. The Morgan fingerprint density at radius 1 is 1.31 bits per heavy atom. The average molecular weight is 232 g/mol. The Bertz CT molecular complexity index is 355. The van der Waals surface area contributed by atoms with E-state index in [-0.39, 0.29) is 24.6 Å². The van der Waals surface area contributed by atoms with Crippen molar-refractivity contribution in [2.24, 2.45) is 0 Å². The largest absolute Gasteiger partial charge is 1.00 e. The summed E-state index contributed by atoms with van der Waals surface area (Å²) < 4.78 is 10.2. The van der Waals surface area contributed by atoms with E-state index in [1.54, 1.807) is 32.4 Å². The monoisotopic (exact) mass is 232 g/mol. The Labute approximate surface area is 110 Å². The van der Waals surface area contributed by atoms with Gasteiger partial charge in [-0.15, -0.1) is 0 Å². The van der Waals surface area contributed by atoms with Crippen LogP contribution >= 0.6 is 9.24 Å². The van der Waals surface area contributed by atoms with Crippen molar-refractivity contribution in [3.05, 3.63) is 23.8 Å². The van der Waals surface area contributed by atoms with Crippen LogP contribution < -0.4 is 28.3 Å². The van der Waals surface area contributed by atoms with Gasteiger partial charge in [0, 0.05) is 6.07 Å². The van der Waals surface area contributed by atoms with Crippen LogP contribution in [0.25, 0.3) is 0 Å². The van der Waals surface area contributed by atoms with Crippen molar-refractivity contribution in [1.82, 2.24) is 0 Å². The molecule has 0 atom stereocenters. The third-order valence-corrected chi connectivity index (χ3v) is 2.31. The molecule has 3 nitrogen and oxygen atoms in total. The fourth-order valence-corrected chi connectivity index (χ4v) is 1.50. The molecule has 0 fully saturated rings. The normalized spacial score (nSPS) is 9.19. The fraction of sp³-hybridized carbons (Fsp3) is 0.364. The first-order valence-corrected chi connectivity index (χ1v) is 5.33. The molecule has 0 aliphatic heterocycles. The second-order valence-electron chi connectivity index (χ2n) is 2.99. The van der Waals surface area contributed by atoms with Crippen molar-refractivity contribution in [1.29, 1.82) is 0 Å². The fourth-order valence-electron chi connectivity index (χ4n) is 1.28. The molecule has 0 heterocycles. The smallest absolute Gasteiger partial charge is 0.558 e. The summed E-state index contributed by atoms with van der Waals surface area (Å²) >= 11 is 0. The number of rotatable bonds is 5.